The molecule has 44 heavy (non-hydrogen) atoms. The van der Waals surface area contributed by atoms with E-state index in [0.29, 0.717) is 32.0 Å². The van der Waals surface area contributed by atoms with Crippen molar-refractivity contribution < 1.29 is 0 Å². The first-order chi connectivity index (χ1) is 21.6. The Labute approximate surface area is 257 Å². The van der Waals surface area contributed by atoms with Crippen molar-refractivity contribution in [2.75, 3.05) is 12.3 Å². The zero-order chi connectivity index (χ0) is 31.7. The average Bonchev–Trinajstić information content (AvgIpc) is 3.11. The van der Waals surface area contributed by atoms with E-state index in [4.69, 9.17) is 28.7 Å². The standard InChI is InChI=1S/C9H8N2.C7H10N2.C6H8N2.2C5H7N3/c10-8-5-1-3-7-4-2-6-11-9(7)8;8-5-4-7-3-1-2-6-9-7;7-5-6-3-1-2-4-8-6;6-3-5-4-7-1-2-8-5;6-4-5-7-2-1-3-8-5/h1-6H,10H2;1-3,6H,4-5,8H2;1-4H,5,7H2;1-2,4H,3,6H2;1-3H,4,6H2. The van der Waals surface area contributed by atoms with Crippen LogP contribution in [0.4, 0.5) is 5.69 Å². The van der Waals surface area contributed by atoms with Gasteiger partial charge in [-0.1, -0.05) is 30.3 Å². The number of aromatic nitrogens is 7. The first-order valence-electron chi connectivity index (χ1n) is 13.8. The normalized spacial score (nSPS) is 9.45. The Morgan fingerprint density at radius 2 is 1.09 bits per heavy atom. The van der Waals surface area contributed by atoms with Crippen LogP contribution in [0.25, 0.3) is 10.9 Å². The van der Waals surface area contributed by atoms with Gasteiger partial charge in [-0.25, -0.2) is 9.97 Å². The topological polar surface area (TPSA) is 220 Å². The van der Waals surface area contributed by atoms with Crippen LogP contribution in [0.3, 0.4) is 0 Å². The summed E-state index contributed by atoms with van der Waals surface area (Å²) in [5.41, 5.74) is 31.2. The van der Waals surface area contributed by atoms with Crippen LogP contribution in [0.15, 0.2) is 122 Å². The molecule has 12 heteroatoms. The monoisotopic (exact) mass is 592 g/mol. The molecule has 0 aliphatic rings. The summed E-state index contributed by atoms with van der Waals surface area (Å²) in [6.45, 7) is 2.09. The highest BCUT2D eigenvalue weighted by Gasteiger charge is 1.94. The highest BCUT2D eigenvalue weighted by molar-refractivity contribution is 5.88. The minimum absolute atomic E-state index is 0.418. The molecule has 228 valence electrons. The molecule has 0 bridgehead atoms. The first-order valence-corrected chi connectivity index (χ1v) is 13.8. The van der Waals surface area contributed by atoms with E-state index in [1.165, 1.54) is 0 Å². The van der Waals surface area contributed by atoms with E-state index in [1.807, 2.05) is 66.7 Å². The molecule has 0 spiro atoms. The third kappa shape index (κ3) is 14.6. The second-order valence-electron chi connectivity index (χ2n) is 8.58. The molecule has 0 amide bonds. The average molecular weight is 593 g/mol. The quantitative estimate of drug-likeness (QED) is 0.182. The maximum absolute atomic E-state index is 5.69. The van der Waals surface area contributed by atoms with Gasteiger partial charge in [-0.15, -0.1) is 0 Å². The van der Waals surface area contributed by atoms with E-state index in [0.717, 1.165) is 40.1 Å². The lowest BCUT2D eigenvalue weighted by Gasteiger charge is -1.97. The number of rotatable bonds is 5. The Balaban J connectivity index is 0.000000193. The molecule has 5 heterocycles. The van der Waals surface area contributed by atoms with Crippen molar-refractivity contribution in [1.82, 2.24) is 34.9 Å². The van der Waals surface area contributed by atoms with Gasteiger partial charge in [0.05, 0.1) is 29.1 Å². The van der Waals surface area contributed by atoms with Crippen molar-refractivity contribution in [2.24, 2.45) is 22.9 Å². The zero-order valence-corrected chi connectivity index (χ0v) is 24.6. The summed E-state index contributed by atoms with van der Waals surface area (Å²) in [7, 11) is 0. The van der Waals surface area contributed by atoms with E-state index in [2.05, 4.69) is 34.9 Å². The van der Waals surface area contributed by atoms with Gasteiger partial charge in [0.2, 0.25) is 0 Å². The molecular weight excluding hydrogens is 552 g/mol. The smallest absolute Gasteiger partial charge is 0.141 e. The van der Waals surface area contributed by atoms with Crippen molar-refractivity contribution in [2.45, 2.75) is 26.1 Å². The number of fused-ring (bicyclic) bond motifs is 1. The molecule has 10 N–H and O–H groups in total. The number of para-hydroxylation sites is 1. The Bertz CT molecular complexity index is 1430. The molecule has 0 saturated heterocycles. The second-order valence-corrected chi connectivity index (χ2v) is 8.58. The summed E-state index contributed by atoms with van der Waals surface area (Å²) in [5, 5.41) is 1.09. The van der Waals surface area contributed by atoms with E-state index >= 15 is 0 Å². The van der Waals surface area contributed by atoms with E-state index in [1.54, 1.807) is 55.6 Å². The van der Waals surface area contributed by atoms with Gasteiger partial charge >= 0.3 is 0 Å². The summed E-state index contributed by atoms with van der Waals surface area (Å²) in [5.74, 6) is 0.688. The molecular formula is C32H40N12. The molecule has 5 aromatic heterocycles. The third-order valence-electron chi connectivity index (χ3n) is 5.35. The number of nitrogens with zero attached hydrogens (tertiary/aromatic N) is 7. The third-order valence-corrected chi connectivity index (χ3v) is 5.35. The van der Waals surface area contributed by atoms with Gasteiger partial charge in [0, 0.05) is 80.2 Å². The lowest BCUT2D eigenvalue weighted by molar-refractivity contribution is 0.909. The predicted octanol–water partition coefficient (Wildman–Crippen LogP) is 2.81. The fourth-order valence-corrected chi connectivity index (χ4v) is 3.21. The second kappa shape index (κ2) is 22.3. The van der Waals surface area contributed by atoms with Crippen molar-refractivity contribution >= 4 is 16.6 Å². The van der Waals surface area contributed by atoms with Crippen LogP contribution < -0.4 is 28.7 Å². The maximum Gasteiger partial charge on any atom is 0.141 e. The molecule has 12 nitrogen and oxygen atoms in total. The fourth-order valence-electron chi connectivity index (χ4n) is 3.21. The predicted molar refractivity (Wildman–Crippen MR) is 175 cm³/mol. The minimum Gasteiger partial charge on any atom is -0.397 e. The summed E-state index contributed by atoms with van der Waals surface area (Å²) >= 11 is 0. The van der Waals surface area contributed by atoms with Crippen LogP contribution in [-0.4, -0.2) is 41.4 Å². The van der Waals surface area contributed by atoms with Crippen molar-refractivity contribution in [3.05, 3.63) is 145 Å². The molecule has 0 atom stereocenters. The van der Waals surface area contributed by atoms with E-state index in [9.17, 15) is 0 Å². The molecule has 0 aliphatic carbocycles. The van der Waals surface area contributed by atoms with Gasteiger partial charge < -0.3 is 28.7 Å². The zero-order valence-electron chi connectivity index (χ0n) is 24.6. The Morgan fingerprint density at radius 3 is 1.57 bits per heavy atom. The van der Waals surface area contributed by atoms with Gasteiger partial charge in [0.25, 0.3) is 0 Å². The molecule has 0 saturated carbocycles. The minimum atomic E-state index is 0.418. The number of benzene rings is 1. The molecule has 0 radical (unpaired) electrons. The van der Waals surface area contributed by atoms with Crippen molar-refractivity contribution in [3.8, 4) is 0 Å². The van der Waals surface area contributed by atoms with Gasteiger partial charge in [-0.05, 0) is 49.0 Å². The van der Waals surface area contributed by atoms with Crippen LogP contribution in [-0.2, 0) is 26.1 Å². The van der Waals surface area contributed by atoms with Crippen LogP contribution in [0.1, 0.15) is 22.9 Å². The molecule has 6 aromatic rings. The molecule has 0 aliphatic heterocycles. The highest BCUT2D eigenvalue weighted by atomic mass is 14.9. The number of hydrogen-bond donors (Lipinski definition) is 5. The van der Waals surface area contributed by atoms with Gasteiger partial charge in [0.1, 0.15) is 5.82 Å². The lowest BCUT2D eigenvalue weighted by Crippen LogP contribution is -2.03. The summed E-state index contributed by atoms with van der Waals surface area (Å²) in [6, 6.07) is 23.0. The fraction of sp³-hybridized carbons (Fsp3) is 0.156. The van der Waals surface area contributed by atoms with Gasteiger partial charge in [-0.2, -0.15) is 0 Å². The van der Waals surface area contributed by atoms with Crippen LogP contribution >= 0.6 is 0 Å². The van der Waals surface area contributed by atoms with Crippen molar-refractivity contribution in [1.29, 1.82) is 0 Å². The molecule has 1 aromatic carbocycles. The van der Waals surface area contributed by atoms with Gasteiger partial charge in [0.15, 0.2) is 0 Å². The Kier molecular flexibility index (Phi) is 17.7. The van der Waals surface area contributed by atoms with Crippen LogP contribution in [0.5, 0.6) is 0 Å². The molecule has 6 rings (SSSR count). The number of hydrogen-bond acceptors (Lipinski definition) is 12. The number of pyridine rings is 3. The highest BCUT2D eigenvalue weighted by Crippen LogP contribution is 2.16. The van der Waals surface area contributed by atoms with E-state index in [-0.39, 0.29) is 0 Å². The largest absolute Gasteiger partial charge is 0.397 e. The molecule has 0 unspecified atom stereocenters. The number of nitrogen functional groups attached to an aromatic ring is 1. The summed E-state index contributed by atoms with van der Waals surface area (Å²) < 4.78 is 0. The SMILES string of the molecule is NCCc1ccccn1.NCc1ccccn1.NCc1cnccn1.NCc1ncccn1.Nc1cccc2cccnc12. The van der Waals surface area contributed by atoms with E-state index < -0.39 is 0 Å². The summed E-state index contributed by atoms with van der Waals surface area (Å²) in [6.07, 6.45) is 14.4. The van der Waals surface area contributed by atoms with Crippen LogP contribution in [0.2, 0.25) is 0 Å². The number of nitrogens with two attached hydrogens (primary N) is 5. The number of anilines is 1. The van der Waals surface area contributed by atoms with Crippen LogP contribution in [0, 0.1) is 0 Å². The summed E-state index contributed by atoms with van der Waals surface area (Å²) in [4.78, 5) is 27.7. The molecule has 0 fully saturated rings. The Hall–Kier alpha value is -5.27. The van der Waals surface area contributed by atoms with Gasteiger partial charge in [-0.3, -0.25) is 24.9 Å². The lowest BCUT2D eigenvalue weighted by atomic mass is 10.2. The van der Waals surface area contributed by atoms with Crippen molar-refractivity contribution in [3.63, 3.8) is 0 Å². The first kappa shape index (κ1) is 34.9. The maximum atomic E-state index is 5.69. The Morgan fingerprint density at radius 1 is 0.477 bits per heavy atom.